The van der Waals surface area contributed by atoms with Crippen LogP contribution in [0.4, 0.5) is 4.39 Å². The number of carbonyl (C=O) groups is 1. The van der Waals surface area contributed by atoms with E-state index in [9.17, 15) is 9.18 Å². The predicted octanol–water partition coefficient (Wildman–Crippen LogP) is 3.58. The molecule has 1 amide bonds. The van der Waals surface area contributed by atoms with E-state index < -0.39 is 17.3 Å². The molecule has 3 N–H and O–H groups in total. The largest absolute Gasteiger partial charge is 0.350 e. The molecule has 0 aromatic heterocycles. The molecule has 0 saturated carbocycles. The van der Waals surface area contributed by atoms with Gasteiger partial charge in [-0.15, -0.1) is 0 Å². The Labute approximate surface area is 136 Å². The van der Waals surface area contributed by atoms with Crippen LogP contribution < -0.4 is 11.1 Å². The number of nitrogens with one attached hydrogen (secondary N) is 1. The highest BCUT2D eigenvalue weighted by Crippen LogP contribution is 2.24. The molecule has 3 nitrogen and oxygen atoms in total. The average molecular weight is 314 g/mol. The van der Waals surface area contributed by atoms with E-state index >= 15 is 0 Å². The van der Waals surface area contributed by atoms with Crippen LogP contribution in [-0.2, 0) is 0 Å². The summed E-state index contributed by atoms with van der Waals surface area (Å²) in [5.74, 6) is -0.985. The molecule has 2 aromatic carbocycles. The van der Waals surface area contributed by atoms with Crippen LogP contribution in [0.5, 0.6) is 0 Å². The van der Waals surface area contributed by atoms with Gasteiger partial charge in [-0.1, -0.05) is 24.3 Å². The first-order valence-corrected chi connectivity index (χ1v) is 7.61. The maximum Gasteiger partial charge on any atom is 0.254 e. The quantitative estimate of drug-likeness (QED) is 0.906. The highest BCUT2D eigenvalue weighted by atomic mass is 19.1. The second-order valence-electron chi connectivity index (χ2n) is 6.66. The van der Waals surface area contributed by atoms with Crippen molar-refractivity contribution in [2.75, 3.05) is 6.54 Å². The van der Waals surface area contributed by atoms with E-state index in [1.165, 1.54) is 17.7 Å². The number of amides is 1. The summed E-state index contributed by atoms with van der Waals surface area (Å²) in [6.07, 6.45) is 0. The van der Waals surface area contributed by atoms with E-state index in [0.29, 0.717) is 0 Å². The first-order valence-electron chi connectivity index (χ1n) is 7.61. The molecule has 0 unspecified atom stereocenters. The van der Waals surface area contributed by atoms with Gasteiger partial charge in [-0.25, -0.2) is 4.39 Å². The molecule has 0 heterocycles. The van der Waals surface area contributed by atoms with Crippen LogP contribution in [0.2, 0.25) is 0 Å². The summed E-state index contributed by atoms with van der Waals surface area (Å²) in [5, 5.41) is 2.65. The fourth-order valence-corrected chi connectivity index (χ4v) is 2.20. The van der Waals surface area contributed by atoms with Crippen LogP contribution in [0.25, 0.3) is 11.1 Å². The SMILES string of the molecule is Cc1ccc(-c2ccc(C(=O)NCC(C)(C)N)c(F)c2)cc1C. The number of hydrogen-bond acceptors (Lipinski definition) is 2. The van der Waals surface area contributed by atoms with Crippen LogP contribution in [0.15, 0.2) is 36.4 Å². The monoisotopic (exact) mass is 314 g/mol. The van der Waals surface area contributed by atoms with Gasteiger partial charge in [0.15, 0.2) is 0 Å². The third-order valence-corrected chi connectivity index (χ3v) is 3.76. The molecular weight excluding hydrogens is 291 g/mol. The van der Waals surface area contributed by atoms with Gasteiger partial charge in [-0.05, 0) is 62.1 Å². The lowest BCUT2D eigenvalue weighted by molar-refractivity contribution is 0.0942. The van der Waals surface area contributed by atoms with E-state index in [4.69, 9.17) is 5.73 Å². The predicted molar refractivity (Wildman–Crippen MR) is 91.9 cm³/mol. The Kier molecular flexibility index (Phi) is 4.85. The molecular formula is C19H23FN2O. The minimum absolute atomic E-state index is 0.0295. The van der Waals surface area contributed by atoms with Gasteiger partial charge in [0.05, 0.1) is 5.56 Å². The van der Waals surface area contributed by atoms with Crippen molar-refractivity contribution in [3.8, 4) is 11.1 Å². The first-order chi connectivity index (χ1) is 10.7. The molecule has 0 saturated heterocycles. The van der Waals surface area contributed by atoms with E-state index in [2.05, 4.69) is 5.32 Å². The smallest absolute Gasteiger partial charge is 0.254 e. The number of benzene rings is 2. The number of halogens is 1. The highest BCUT2D eigenvalue weighted by molar-refractivity contribution is 5.95. The molecule has 2 rings (SSSR count). The second-order valence-corrected chi connectivity index (χ2v) is 6.66. The van der Waals surface area contributed by atoms with Crippen molar-refractivity contribution >= 4 is 5.91 Å². The first kappa shape index (κ1) is 17.2. The number of nitrogens with two attached hydrogens (primary N) is 1. The number of rotatable bonds is 4. The minimum atomic E-state index is -0.536. The van der Waals surface area contributed by atoms with Crippen LogP contribution in [0.1, 0.15) is 35.3 Å². The van der Waals surface area contributed by atoms with Crippen molar-refractivity contribution < 1.29 is 9.18 Å². The van der Waals surface area contributed by atoms with E-state index in [1.807, 2.05) is 32.0 Å². The van der Waals surface area contributed by atoms with Gasteiger partial charge in [-0.2, -0.15) is 0 Å². The van der Waals surface area contributed by atoms with Crippen LogP contribution in [-0.4, -0.2) is 18.0 Å². The molecule has 0 aliphatic carbocycles. The minimum Gasteiger partial charge on any atom is -0.350 e. The molecule has 23 heavy (non-hydrogen) atoms. The fourth-order valence-electron chi connectivity index (χ4n) is 2.20. The van der Waals surface area contributed by atoms with Crippen molar-refractivity contribution in [1.29, 1.82) is 0 Å². The summed E-state index contributed by atoms with van der Waals surface area (Å²) in [6, 6.07) is 10.6. The van der Waals surface area contributed by atoms with Crippen molar-refractivity contribution in [3.63, 3.8) is 0 Å². The molecule has 0 fully saturated rings. The summed E-state index contributed by atoms with van der Waals surface area (Å²) in [7, 11) is 0. The topological polar surface area (TPSA) is 55.1 Å². The summed E-state index contributed by atoms with van der Waals surface area (Å²) < 4.78 is 14.3. The Morgan fingerprint density at radius 3 is 2.26 bits per heavy atom. The second kappa shape index (κ2) is 6.50. The van der Waals surface area contributed by atoms with Crippen LogP contribution in [0.3, 0.4) is 0 Å². The maximum absolute atomic E-state index is 14.3. The zero-order valence-corrected chi connectivity index (χ0v) is 14.0. The Morgan fingerprint density at radius 1 is 1.09 bits per heavy atom. The van der Waals surface area contributed by atoms with Gasteiger partial charge in [0.2, 0.25) is 0 Å². The molecule has 0 radical (unpaired) electrons. The lowest BCUT2D eigenvalue weighted by atomic mass is 9.99. The van der Waals surface area contributed by atoms with Crippen molar-refractivity contribution in [3.05, 3.63) is 58.9 Å². The normalized spacial score (nSPS) is 11.4. The fraction of sp³-hybridized carbons (Fsp3) is 0.316. The van der Waals surface area contributed by atoms with Crippen molar-refractivity contribution in [2.45, 2.75) is 33.2 Å². The third-order valence-electron chi connectivity index (χ3n) is 3.76. The molecule has 0 atom stereocenters. The van der Waals surface area contributed by atoms with E-state index in [0.717, 1.165) is 16.7 Å². The van der Waals surface area contributed by atoms with Gasteiger partial charge in [0, 0.05) is 12.1 Å². The van der Waals surface area contributed by atoms with Gasteiger partial charge in [0.25, 0.3) is 5.91 Å². The molecule has 2 aromatic rings. The lowest BCUT2D eigenvalue weighted by Crippen LogP contribution is -2.45. The number of hydrogen-bond donors (Lipinski definition) is 2. The Morgan fingerprint density at radius 2 is 1.70 bits per heavy atom. The molecule has 0 aliphatic rings. The Bertz CT molecular complexity index is 733. The standard InChI is InChI=1S/C19H23FN2O/c1-12-5-6-14(9-13(12)2)15-7-8-16(17(20)10-15)18(23)22-11-19(3,4)21/h5-10H,11,21H2,1-4H3,(H,22,23). The molecule has 4 heteroatoms. The number of aryl methyl sites for hydroxylation is 2. The zero-order chi connectivity index (χ0) is 17.2. The molecule has 0 aliphatic heterocycles. The lowest BCUT2D eigenvalue weighted by Gasteiger charge is -2.19. The van der Waals surface area contributed by atoms with Gasteiger partial charge < -0.3 is 11.1 Å². The van der Waals surface area contributed by atoms with E-state index in [1.54, 1.807) is 19.9 Å². The van der Waals surface area contributed by atoms with Gasteiger partial charge >= 0.3 is 0 Å². The van der Waals surface area contributed by atoms with E-state index in [-0.39, 0.29) is 12.1 Å². The summed E-state index contributed by atoms with van der Waals surface area (Å²) >= 11 is 0. The average Bonchev–Trinajstić information content (AvgIpc) is 2.47. The zero-order valence-electron chi connectivity index (χ0n) is 14.0. The van der Waals surface area contributed by atoms with Crippen LogP contribution in [0, 0.1) is 19.7 Å². The van der Waals surface area contributed by atoms with Crippen molar-refractivity contribution in [1.82, 2.24) is 5.32 Å². The third kappa shape index (κ3) is 4.39. The maximum atomic E-state index is 14.3. The molecule has 0 bridgehead atoms. The molecule has 122 valence electrons. The highest BCUT2D eigenvalue weighted by Gasteiger charge is 2.16. The Hall–Kier alpha value is -2.20. The Balaban J connectivity index is 2.23. The summed E-state index contributed by atoms with van der Waals surface area (Å²) in [4.78, 5) is 12.1. The number of carbonyl (C=O) groups excluding carboxylic acids is 1. The van der Waals surface area contributed by atoms with Crippen LogP contribution >= 0.6 is 0 Å². The van der Waals surface area contributed by atoms with Gasteiger partial charge in [0.1, 0.15) is 5.82 Å². The summed E-state index contributed by atoms with van der Waals surface area (Å²) in [6.45, 7) is 7.93. The molecule has 0 spiro atoms. The van der Waals surface area contributed by atoms with Crippen molar-refractivity contribution in [2.24, 2.45) is 5.73 Å². The van der Waals surface area contributed by atoms with Gasteiger partial charge in [-0.3, -0.25) is 4.79 Å². The summed E-state index contributed by atoms with van der Waals surface area (Å²) in [5.41, 5.74) is 9.33.